The molecule has 86 valence electrons. The van der Waals surface area contributed by atoms with Crippen LogP contribution in [0.2, 0.25) is 0 Å². The Morgan fingerprint density at radius 3 is 3.12 bits per heavy atom. The molecular weight excluding hydrogens is 243 g/mol. The van der Waals surface area contributed by atoms with Crippen molar-refractivity contribution < 1.29 is 4.39 Å². The van der Waals surface area contributed by atoms with Crippen molar-refractivity contribution in [3.63, 3.8) is 0 Å². The number of rotatable bonds is 1. The van der Waals surface area contributed by atoms with Crippen LogP contribution in [0.3, 0.4) is 0 Å². The van der Waals surface area contributed by atoms with Gasteiger partial charge in [0.25, 0.3) is 0 Å². The van der Waals surface area contributed by atoms with E-state index in [1.807, 2.05) is 6.07 Å². The molecule has 1 heterocycles. The normalized spacial score (nSPS) is 18.8. The summed E-state index contributed by atoms with van der Waals surface area (Å²) in [5.74, 6) is 0.839. The number of hydrogen-bond acceptors (Lipinski definition) is 2. The van der Waals surface area contributed by atoms with E-state index in [9.17, 15) is 4.39 Å². The van der Waals surface area contributed by atoms with Gasteiger partial charge in [-0.05, 0) is 42.4 Å². The van der Waals surface area contributed by atoms with Crippen LogP contribution in [-0.2, 0) is 0 Å². The summed E-state index contributed by atoms with van der Waals surface area (Å²) in [6, 6.07) is 5.06. The first-order valence-electron chi connectivity index (χ1n) is 5.11. The molecule has 0 unspecified atom stereocenters. The fraction of sp³-hybridized carbons (Fsp3) is 0.364. The van der Waals surface area contributed by atoms with E-state index in [1.54, 1.807) is 24.9 Å². The van der Waals surface area contributed by atoms with Gasteiger partial charge in [0.2, 0.25) is 0 Å². The van der Waals surface area contributed by atoms with Crippen molar-refractivity contribution in [1.29, 1.82) is 0 Å². The molecule has 1 aromatic rings. The molecule has 1 aliphatic heterocycles. The van der Waals surface area contributed by atoms with Gasteiger partial charge in [0.1, 0.15) is 5.82 Å². The minimum absolute atomic E-state index is 0.117. The highest BCUT2D eigenvalue weighted by molar-refractivity contribution is 7.99. The van der Waals surface area contributed by atoms with Gasteiger partial charge in [0.05, 0.1) is 6.04 Å². The van der Waals surface area contributed by atoms with E-state index in [0.717, 1.165) is 22.6 Å². The molecule has 0 fully saturated rings. The highest BCUT2D eigenvalue weighted by Crippen LogP contribution is 2.36. The standard InChI is InChI=1S/C11H13FN2S2/c1-13-11(15)14-9-4-5-16-10-3-2-7(12)6-8(9)10/h2-3,6,9H,4-5H2,1H3,(H2,13,14,15)/t9-/m1/s1. The maximum atomic E-state index is 13.2. The molecule has 0 bridgehead atoms. The molecule has 0 saturated carbocycles. The van der Waals surface area contributed by atoms with Crippen LogP contribution in [0.15, 0.2) is 23.1 Å². The predicted octanol–water partition coefficient (Wildman–Crippen LogP) is 2.46. The molecule has 0 saturated heterocycles. The van der Waals surface area contributed by atoms with Crippen LogP contribution >= 0.6 is 24.0 Å². The highest BCUT2D eigenvalue weighted by atomic mass is 32.2. The first kappa shape index (κ1) is 11.7. The molecule has 0 spiro atoms. The van der Waals surface area contributed by atoms with Gasteiger partial charge >= 0.3 is 0 Å². The Balaban J connectivity index is 2.24. The zero-order valence-electron chi connectivity index (χ0n) is 8.92. The van der Waals surface area contributed by atoms with Crippen LogP contribution < -0.4 is 10.6 Å². The second kappa shape index (κ2) is 5.01. The lowest BCUT2D eigenvalue weighted by molar-refractivity contribution is 0.583. The van der Waals surface area contributed by atoms with Crippen molar-refractivity contribution >= 4 is 29.1 Å². The van der Waals surface area contributed by atoms with Gasteiger partial charge in [0, 0.05) is 17.7 Å². The van der Waals surface area contributed by atoms with E-state index in [0.29, 0.717) is 5.11 Å². The Morgan fingerprint density at radius 2 is 2.38 bits per heavy atom. The number of thioether (sulfide) groups is 1. The quantitative estimate of drug-likeness (QED) is 0.754. The summed E-state index contributed by atoms with van der Waals surface area (Å²) >= 11 is 6.84. The minimum Gasteiger partial charge on any atom is -0.366 e. The third kappa shape index (κ3) is 2.47. The van der Waals surface area contributed by atoms with E-state index in [4.69, 9.17) is 12.2 Å². The van der Waals surface area contributed by atoms with Gasteiger partial charge < -0.3 is 10.6 Å². The van der Waals surface area contributed by atoms with Crippen molar-refractivity contribution in [2.75, 3.05) is 12.8 Å². The van der Waals surface area contributed by atoms with E-state index in [2.05, 4.69) is 10.6 Å². The molecule has 2 N–H and O–H groups in total. The molecule has 1 aliphatic rings. The van der Waals surface area contributed by atoms with Crippen LogP contribution in [0.1, 0.15) is 18.0 Å². The summed E-state index contributed by atoms with van der Waals surface area (Å²) < 4.78 is 13.2. The number of halogens is 1. The van der Waals surface area contributed by atoms with Crippen molar-refractivity contribution in [2.24, 2.45) is 0 Å². The van der Waals surface area contributed by atoms with E-state index >= 15 is 0 Å². The fourth-order valence-corrected chi connectivity index (χ4v) is 2.99. The number of fused-ring (bicyclic) bond motifs is 1. The Labute approximate surface area is 104 Å². The van der Waals surface area contributed by atoms with Gasteiger partial charge in [-0.1, -0.05) is 0 Å². The lowest BCUT2D eigenvalue weighted by atomic mass is 10.0. The maximum Gasteiger partial charge on any atom is 0.166 e. The molecule has 2 nitrogen and oxygen atoms in total. The van der Waals surface area contributed by atoms with Crippen LogP contribution in [0.25, 0.3) is 0 Å². The highest BCUT2D eigenvalue weighted by Gasteiger charge is 2.21. The average Bonchev–Trinajstić information content (AvgIpc) is 2.29. The second-order valence-electron chi connectivity index (χ2n) is 3.60. The molecular formula is C11H13FN2S2. The minimum atomic E-state index is -0.191. The predicted molar refractivity (Wildman–Crippen MR) is 69.3 cm³/mol. The van der Waals surface area contributed by atoms with Gasteiger partial charge in [-0.15, -0.1) is 11.8 Å². The Morgan fingerprint density at radius 1 is 1.56 bits per heavy atom. The average molecular weight is 256 g/mol. The number of benzene rings is 1. The Bertz CT molecular complexity index is 409. The number of nitrogens with one attached hydrogen (secondary N) is 2. The van der Waals surface area contributed by atoms with Crippen molar-refractivity contribution in [2.45, 2.75) is 17.4 Å². The molecule has 1 atom stereocenters. The molecule has 5 heteroatoms. The van der Waals surface area contributed by atoms with Crippen molar-refractivity contribution in [3.8, 4) is 0 Å². The van der Waals surface area contributed by atoms with Crippen LogP contribution in [0, 0.1) is 5.82 Å². The summed E-state index contributed by atoms with van der Waals surface area (Å²) in [5.41, 5.74) is 1.01. The molecule has 0 amide bonds. The molecule has 0 aromatic heterocycles. The Hall–Kier alpha value is -0.810. The zero-order chi connectivity index (χ0) is 11.5. The topological polar surface area (TPSA) is 24.1 Å². The molecule has 16 heavy (non-hydrogen) atoms. The third-order valence-corrected chi connectivity index (χ3v) is 3.99. The largest absolute Gasteiger partial charge is 0.366 e. The summed E-state index contributed by atoms with van der Waals surface area (Å²) in [6.45, 7) is 0. The first-order chi connectivity index (χ1) is 7.70. The number of thiocarbonyl (C=S) groups is 1. The monoisotopic (exact) mass is 256 g/mol. The number of hydrogen-bond donors (Lipinski definition) is 2. The lowest BCUT2D eigenvalue weighted by Crippen LogP contribution is -2.36. The fourth-order valence-electron chi connectivity index (χ4n) is 1.75. The van der Waals surface area contributed by atoms with E-state index < -0.39 is 0 Å². The van der Waals surface area contributed by atoms with E-state index in [1.165, 1.54) is 6.07 Å². The van der Waals surface area contributed by atoms with E-state index in [-0.39, 0.29) is 11.9 Å². The van der Waals surface area contributed by atoms with Crippen molar-refractivity contribution in [1.82, 2.24) is 10.6 Å². The molecule has 1 aromatic carbocycles. The summed E-state index contributed by atoms with van der Waals surface area (Å²) in [7, 11) is 1.78. The second-order valence-corrected chi connectivity index (χ2v) is 5.14. The lowest BCUT2D eigenvalue weighted by Gasteiger charge is -2.26. The molecule has 0 aliphatic carbocycles. The van der Waals surface area contributed by atoms with Gasteiger partial charge in [-0.3, -0.25) is 0 Å². The smallest absolute Gasteiger partial charge is 0.166 e. The van der Waals surface area contributed by atoms with Gasteiger partial charge in [0.15, 0.2) is 5.11 Å². The van der Waals surface area contributed by atoms with Gasteiger partial charge in [-0.25, -0.2) is 4.39 Å². The Kier molecular flexibility index (Phi) is 3.66. The molecule has 2 rings (SSSR count). The third-order valence-electron chi connectivity index (χ3n) is 2.54. The van der Waals surface area contributed by atoms with Crippen LogP contribution in [-0.4, -0.2) is 17.9 Å². The summed E-state index contributed by atoms with van der Waals surface area (Å²) in [4.78, 5) is 1.14. The first-order valence-corrected chi connectivity index (χ1v) is 6.50. The van der Waals surface area contributed by atoms with Crippen LogP contribution in [0.5, 0.6) is 0 Å². The SMILES string of the molecule is CNC(=S)N[C@@H]1CCSc2ccc(F)cc21. The van der Waals surface area contributed by atoms with Gasteiger partial charge in [-0.2, -0.15) is 0 Å². The summed E-state index contributed by atoms with van der Waals surface area (Å²) in [6.07, 6.45) is 0.961. The zero-order valence-corrected chi connectivity index (χ0v) is 10.6. The maximum absolute atomic E-state index is 13.2. The summed E-state index contributed by atoms with van der Waals surface area (Å²) in [5, 5.41) is 6.67. The van der Waals surface area contributed by atoms with Crippen LogP contribution in [0.4, 0.5) is 4.39 Å². The van der Waals surface area contributed by atoms with Crippen molar-refractivity contribution in [3.05, 3.63) is 29.6 Å². The molecule has 0 radical (unpaired) electrons.